The third-order valence-corrected chi connectivity index (χ3v) is 7.05. The quantitative estimate of drug-likeness (QED) is 0.237. The van der Waals surface area contributed by atoms with Crippen molar-refractivity contribution in [2.45, 2.75) is 0 Å². The second kappa shape index (κ2) is 9.29. The molecule has 0 aliphatic rings. The summed E-state index contributed by atoms with van der Waals surface area (Å²) in [5, 5.41) is 2.87. The Morgan fingerprint density at radius 2 is 1.13 bits per heavy atom. The molecule has 2 aromatic heterocycles. The van der Waals surface area contributed by atoms with Gasteiger partial charge in [0, 0.05) is 32.5 Å². The van der Waals surface area contributed by atoms with Crippen LogP contribution < -0.4 is 0 Å². The number of rotatable bonds is 4. The Hall–Kier alpha value is -4.73. The van der Waals surface area contributed by atoms with Crippen LogP contribution in [-0.4, -0.2) is 9.97 Å². The van der Waals surface area contributed by atoms with Gasteiger partial charge in [-0.25, -0.2) is 9.97 Å². The lowest BCUT2D eigenvalue weighted by atomic mass is 10.00. The molecule has 0 bridgehead atoms. The molecule has 5 aromatic carbocycles. The van der Waals surface area contributed by atoms with Crippen molar-refractivity contribution in [2.75, 3.05) is 0 Å². The van der Waals surface area contributed by atoms with Gasteiger partial charge in [0.25, 0.3) is 0 Å². The van der Waals surface area contributed by atoms with Crippen LogP contribution in [-0.2, 0) is 0 Å². The van der Waals surface area contributed by atoms with Crippen LogP contribution in [0.15, 0.2) is 132 Å². The smallest absolute Gasteiger partial charge is 0.160 e. The van der Waals surface area contributed by atoms with Crippen molar-refractivity contribution in [3.63, 3.8) is 0 Å². The average molecular weight is 509 g/mol. The molecule has 0 N–H and O–H groups in total. The summed E-state index contributed by atoms with van der Waals surface area (Å²) in [6.07, 6.45) is 0. The van der Waals surface area contributed by atoms with Gasteiger partial charge in [0.1, 0.15) is 11.2 Å². The van der Waals surface area contributed by atoms with E-state index in [2.05, 4.69) is 42.5 Å². The third kappa shape index (κ3) is 4.03. The fourth-order valence-electron chi connectivity index (χ4n) is 4.91. The van der Waals surface area contributed by atoms with Crippen LogP contribution in [0.1, 0.15) is 0 Å². The molecule has 0 spiro atoms. The van der Waals surface area contributed by atoms with Crippen LogP contribution >= 0.6 is 11.6 Å². The molecule has 0 atom stereocenters. The molecule has 0 unspecified atom stereocenters. The summed E-state index contributed by atoms with van der Waals surface area (Å²) in [5.41, 5.74) is 8.68. The van der Waals surface area contributed by atoms with E-state index in [9.17, 15) is 0 Å². The zero-order valence-electron chi connectivity index (χ0n) is 20.3. The number of hydrogen-bond acceptors (Lipinski definition) is 3. The SMILES string of the molecule is Clc1ccc(-c2ccc(-c3cc(-c4cccc5oc6ccccc6c45)nc(-c4ccccc4)n3)cc2)cc1. The molecule has 0 fully saturated rings. The average Bonchev–Trinajstić information content (AvgIpc) is 3.37. The molecule has 0 saturated heterocycles. The monoisotopic (exact) mass is 508 g/mol. The normalized spacial score (nSPS) is 11.3. The van der Waals surface area contributed by atoms with Gasteiger partial charge in [-0.15, -0.1) is 0 Å². The van der Waals surface area contributed by atoms with Crippen LogP contribution in [0.4, 0.5) is 0 Å². The minimum Gasteiger partial charge on any atom is -0.456 e. The van der Waals surface area contributed by atoms with E-state index in [0.717, 1.165) is 66.2 Å². The van der Waals surface area contributed by atoms with Gasteiger partial charge in [0.05, 0.1) is 11.4 Å². The number of hydrogen-bond donors (Lipinski definition) is 0. The van der Waals surface area contributed by atoms with Gasteiger partial charge < -0.3 is 4.42 Å². The fraction of sp³-hybridized carbons (Fsp3) is 0. The van der Waals surface area contributed by atoms with Gasteiger partial charge in [-0.1, -0.05) is 109 Å². The van der Waals surface area contributed by atoms with Gasteiger partial charge >= 0.3 is 0 Å². The lowest BCUT2D eigenvalue weighted by Crippen LogP contribution is -1.96. The first-order valence-electron chi connectivity index (χ1n) is 12.4. The van der Waals surface area contributed by atoms with E-state index < -0.39 is 0 Å². The second-order valence-corrected chi connectivity index (χ2v) is 9.63. The van der Waals surface area contributed by atoms with Gasteiger partial charge in [0.2, 0.25) is 0 Å². The highest BCUT2D eigenvalue weighted by atomic mass is 35.5. The first-order chi connectivity index (χ1) is 18.7. The molecule has 38 heavy (non-hydrogen) atoms. The summed E-state index contributed by atoms with van der Waals surface area (Å²) in [6.45, 7) is 0. The number of halogens is 1. The molecule has 2 heterocycles. The molecule has 7 aromatic rings. The van der Waals surface area contributed by atoms with Crippen molar-refractivity contribution in [1.82, 2.24) is 9.97 Å². The topological polar surface area (TPSA) is 38.9 Å². The molecular weight excluding hydrogens is 488 g/mol. The summed E-state index contributed by atoms with van der Waals surface area (Å²) in [7, 11) is 0. The lowest BCUT2D eigenvalue weighted by molar-refractivity contribution is 0.669. The van der Waals surface area contributed by atoms with E-state index in [0.29, 0.717) is 5.82 Å². The first-order valence-corrected chi connectivity index (χ1v) is 12.8. The van der Waals surface area contributed by atoms with E-state index in [1.165, 1.54) is 0 Å². The van der Waals surface area contributed by atoms with Crippen molar-refractivity contribution < 1.29 is 4.42 Å². The molecule has 0 radical (unpaired) electrons. The van der Waals surface area contributed by atoms with Crippen molar-refractivity contribution in [3.05, 3.63) is 132 Å². The van der Waals surface area contributed by atoms with Crippen LogP contribution in [0.5, 0.6) is 0 Å². The molecule has 4 heteroatoms. The van der Waals surface area contributed by atoms with E-state index in [1.54, 1.807) is 0 Å². The first kappa shape index (κ1) is 22.5. The van der Waals surface area contributed by atoms with Gasteiger partial charge in [-0.3, -0.25) is 0 Å². The van der Waals surface area contributed by atoms with Crippen molar-refractivity contribution in [3.8, 4) is 45.0 Å². The molecule has 0 saturated carbocycles. The number of fused-ring (bicyclic) bond motifs is 3. The number of benzene rings is 5. The standard InChI is InChI=1S/C34H21ClN2O/c35-26-19-17-23(18-20-26)22-13-15-24(16-14-22)29-21-30(37-34(36-29)25-7-2-1-3-8-25)27-10-6-12-32-33(27)28-9-4-5-11-31(28)38-32/h1-21H. The minimum atomic E-state index is 0.685. The highest BCUT2D eigenvalue weighted by Crippen LogP contribution is 2.37. The Kier molecular flexibility index (Phi) is 5.49. The largest absolute Gasteiger partial charge is 0.456 e. The molecule has 0 aliphatic carbocycles. The van der Waals surface area contributed by atoms with Crippen molar-refractivity contribution >= 4 is 33.5 Å². The van der Waals surface area contributed by atoms with E-state index in [-0.39, 0.29) is 0 Å². The maximum atomic E-state index is 6.16. The second-order valence-electron chi connectivity index (χ2n) is 9.19. The zero-order chi connectivity index (χ0) is 25.5. The number of nitrogens with zero attached hydrogens (tertiary/aromatic N) is 2. The summed E-state index contributed by atoms with van der Waals surface area (Å²) in [4.78, 5) is 10.0. The maximum absolute atomic E-state index is 6.16. The predicted molar refractivity (Wildman–Crippen MR) is 156 cm³/mol. The Bertz CT molecular complexity index is 1910. The highest BCUT2D eigenvalue weighted by molar-refractivity contribution is 6.30. The molecule has 3 nitrogen and oxygen atoms in total. The van der Waals surface area contributed by atoms with Crippen molar-refractivity contribution in [2.24, 2.45) is 0 Å². The Morgan fingerprint density at radius 3 is 1.92 bits per heavy atom. The van der Waals surface area contributed by atoms with Crippen LogP contribution in [0.2, 0.25) is 5.02 Å². The van der Waals surface area contributed by atoms with Crippen LogP contribution in [0, 0.1) is 0 Å². The van der Waals surface area contributed by atoms with Gasteiger partial charge in [0.15, 0.2) is 5.82 Å². The summed E-state index contributed by atoms with van der Waals surface area (Å²) < 4.78 is 6.16. The Labute approximate surface area is 225 Å². The molecule has 7 rings (SSSR count). The van der Waals surface area contributed by atoms with Crippen LogP contribution in [0.3, 0.4) is 0 Å². The minimum absolute atomic E-state index is 0.685. The van der Waals surface area contributed by atoms with E-state index in [1.807, 2.05) is 84.9 Å². The fourth-order valence-corrected chi connectivity index (χ4v) is 5.04. The van der Waals surface area contributed by atoms with Crippen LogP contribution in [0.25, 0.3) is 67.0 Å². The van der Waals surface area contributed by atoms with Crippen molar-refractivity contribution in [1.29, 1.82) is 0 Å². The maximum Gasteiger partial charge on any atom is 0.160 e. The summed E-state index contributed by atoms with van der Waals surface area (Å²) >= 11 is 6.08. The molecule has 0 aliphatic heterocycles. The highest BCUT2D eigenvalue weighted by Gasteiger charge is 2.16. The predicted octanol–water partition coefficient (Wildman–Crippen LogP) is 9.70. The summed E-state index contributed by atoms with van der Waals surface area (Å²) in [6, 6.07) is 42.8. The van der Waals surface area contributed by atoms with Gasteiger partial charge in [-0.05, 0) is 41.5 Å². The van der Waals surface area contributed by atoms with E-state index in [4.69, 9.17) is 26.0 Å². The number of para-hydroxylation sites is 1. The summed E-state index contributed by atoms with van der Waals surface area (Å²) in [5.74, 6) is 0.685. The molecular formula is C34H21ClN2O. The van der Waals surface area contributed by atoms with Gasteiger partial charge in [-0.2, -0.15) is 0 Å². The Morgan fingerprint density at radius 1 is 0.500 bits per heavy atom. The number of aromatic nitrogens is 2. The zero-order valence-corrected chi connectivity index (χ0v) is 21.1. The molecule has 0 amide bonds. The molecule has 180 valence electrons. The Balaban J connectivity index is 1.41. The van der Waals surface area contributed by atoms with E-state index >= 15 is 0 Å². The lowest BCUT2D eigenvalue weighted by Gasteiger charge is -2.11. The number of furan rings is 1. The third-order valence-electron chi connectivity index (χ3n) is 6.79.